The van der Waals surface area contributed by atoms with Crippen LogP contribution in [0.4, 0.5) is 5.69 Å². The molecule has 1 N–H and O–H groups in total. The Morgan fingerprint density at radius 3 is 2.21 bits per heavy atom. The first-order chi connectivity index (χ1) is 13.6. The lowest BCUT2D eigenvalue weighted by molar-refractivity contribution is 0.601. The van der Waals surface area contributed by atoms with Gasteiger partial charge in [0.25, 0.3) is 10.0 Å². The summed E-state index contributed by atoms with van der Waals surface area (Å²) >= 11 is 0. The minimum Gasteiger partial charge on any atom is -0.276 e. The number of hydrogen-bond donors (Lipinski definition) is 1. The second-order valence-electron chi connectivity index (χ2n) is 6.38. The van der Waals surface area contributed by atoms with E-state index in [4.69, 9.17) is 0 Å². The summed E-state index contributed by atoms with van der Waals surface area (Å²) in [6.07, 6.45) is 3.21. The molecule has 1 aromatic heterocycles. The van der Waals surface area contributed by atoms with E-state index < -0.39 is 10.0 Å². The van der Waals surface area contributed by atoms with Gasteiger partial charge in [-0.15, -0.1) is 0 Å². The highest BCUT2D eigenvalue weighted by Gasteiger charge is 2.19. The number of anilines is 1. The molecule has 4 rings (SSSR count). The summed E-state index contributed by atoms with van der Waals surface area (Å²) in [4.78, 5) is 0.233. The van der Waals surface area contributed by atoms with E-state index in [-0.39, 0.29) is 4.90 Å². The normalized spacial score (nSPS) is 11.3. The molecule has 0 aliphatic rings. The van der Waals surface area contributed by atoms with Crippen LogP contribution in [0.1, 0.15) is 5.56 Å². The zero-order chi connectivity index (χ0) is 19.4. The van der Waals surface area contributed by atoms with E-state index in [1.165, 1.54) is 6.20 Å². The quantitative estimate of drug-likeness (QED) is 0.532. The third-order valence-electron chi connectivity index (χ3n) is 4.33. The Labute approximate surface area is 164 Å². The van der Waals surface area contributed by atoms with Crippen molar-refractivity contribution in [3.05, 3.63) is 103 Å². The molecule has 28 heavy (non-hydrogen) atoms. The minimum atomic E-state index is -3.75. The van der Waals surface area contributed by atoms with Gasteiger partial charge in [-0.1, -0.05) is 78.9 Å². The molecule has 0 radical (unpaired) electrons. The summed E-state index contributed by atoms with van der Waals surface area (Å²) in [5, 5.41) is 4.26. The Morgan fingerprint density at radius 1 is 0.821 bits per heavy atom. The van der Waals surface area contributed by atoms with Crippen LogP contribution in [-0.4, -0.2) is 18.2 Å². The van der Waals surface area contributed by atoms with Crippen LogP contribution in [0.3, 0.4) is 0 Å². The molecule has 0 spiro atoms. The molecule has 5 nitrogen and oxygen atoms in total. The van der Waals surface area contributed by atoms with Crippen molar-refractivity contribution < 1.29 is 8.42 Å². The zero-order valence-corrected chi connectivity index (χ0v) is 15.9. The molecule has 0 aliphatic heterocycles. The summed E-state index contributed by atoms with van der Waals surface area (Å²) in [6, 6.07) is 26.3. The van der Waals surface area contributed by atoms with Crippen LogP contribution < -0.4 is 4.72 Å². The first-order valence-electron chi connectivity index (χ1n) is 8.85. The lowest BCUT2D eigenvalue weighted by atomic mass is 10.1. The SMILES string of the molecule is O=S(=O)(Nc1cnn(Cc2ccccc2)c1)c1ccccc1-c1ccccc1. The van der Waals surface area contributed by atoms with Gasteiger partial charge in [0.1, 0.15) is 0 Å². The van der Waals surface area contributed by atoms with Gasteiger partial charge in [0.2, 0.25) is 0 Å². The lowest BCUT2D eigenvalue weighted by Crippen LogP contribution is -2.13. The molecule has 0 atom stereocenters. The summed E-state index contributed by atoms with van der Waals surface area (Å²) in [5.74, 6) is 0. The van der Waals surface area contributed by atoms with Gasteiger partial charge >= 0.3 is 0 Å². The Hall–Kier alpha value is -3.38. The number of rotatable bonds is 6. The Balaban J connectivity index is 1.59. The Kier molecular flexibility index (Phi) is 4.95. The first kappa shape index (κ1) is 18.0. The molecule has 0 saturated carbocycles. The summed E-state index contributed by atoms with van der Waals surface area (Å²) < 4.78 is 30.4. The highest BCUT2D eigenvalue weighted by molar-refractivity contribution is 7.92. The van der Waals surface area contributed by atoms with Gasteiger partial charge in [-0.2, -0.15) is 5.10 Å². The van der Waals surface area contributed by atoms with Crippen LogP contribution in [0.25, 0.3) is 11.1 Å². The molecule has 0 amide bonds. The number of nitrogens with zero attached hydrogens (tertiary/aromatic N) is 2. The van der Waals surface area contributed by atoms with Crippen molar-refractivity contribution in [1.82, 2.24) is 9.78 Å². The van der Waals surface area contributed by atoms with Crippen LogP contribution >= 0.6 is 0 Å². The standard InChI is InChI=1S/C22H19N3O2S/c26-28(27,22-14-8-7-13-21(22)19-11-5-2-6-12-19)24-20-15-23-25(17-20)16-18-9-3-1-4-10-18/h1-15,17,24H,16H2. The second-order valence-corrected chi connectivity index (χ2v) is 8.03. The Bertz CT molecular complexity index is 1170. The van der Waals surface area contributed by atoms with Crippen LogP contribution in [0.5, 0.6) is 0 Å². The van der Waals surface area contributed by atoms with E-state index in [0.29, 0.717) is 17.8 Å². The molecule has 140 valence electrons. The molecular weight excluding hydrogens is 370 g/mol. The van der Waals surface area contributed by atoms with Gasteiger partial charge in [0, 0.05) is 11.8 Å². The Morgan fingerprint density at radius 2 is 1.46 bits per heavy atom. The monoisotopic (exact) mass is 389 g/mol. The highest BCUT2D eigenvalue weighted by Crippen LogP contribution is 2.28. The molecule has 3 aromatic carbocycles. The molecule has 0 fully saturated rings. The topological polar surface area (TPSA) is 64.0 Å². The molecule has 0 bridgehead atoms. The zero-order valence-electron chi connectivity index (χ0n) is 15.1. The molecule has 0 aliphatic carbocycles. The van der Waals surface area contributed by atoms with Crippen LogP contribution in [0, 0.1) is 0 Å². The van der Waals surface area contributed by atoms with Crippen molar-refractivity contribution in [3.63, 3.8) is 0 Å². The van der Waals surface area contributed by atoms with Gasteiger partial charge in [-0.3, -0.25) is 9.40 Å². The van der Waals surface area contributed by atoms with Gasteiger partial charge in [0.15, 0.2) is 0 Å². The summed E-state index contributed by atoms with van der Waals surface area (Å²) in [7, 11) is -3.75. The minimum absolute atomic E-state index is 0.233. The number of aromatic nitrogens is 2. The fourth-order valence-electron chi connectivity index (χ4n) is 3.04. The van der Waals surface area contributed by atoms with Crippen molar-refractivity contribution in [1.29, 1.82) is 0 Å². The third kappa shape index (κ3) is 3.97. The molecule has 4 aromatic rings. The van der Waals surface area contributed by atoms with Gasteiger partial charge in [0.05, 0.1) is 23.3 Å². The van der Waals surface area contributed by atoms with Crippen LogP contribution in [0.2, 0.25) is 0 Å². The van der Waals surface area contributed by atoms with Gasteiger partial charge in [-0.25, -0.2) is 8.42 Å². The number of benzene rings is 3. The molecule has 0 unspecified atom stereocenters. The molecule has 1 heterocycles. The fourth-order valence-corrected chi connectivity index (χ4v) is 4.30. The maximum atomic E-state index is 13.0. The number of sulfonamides is 1. The predicted molar refractivity (Wildman–Crippen MR) is 110 cm³/mol. The van der Waals surface area contributed by atoms with Crippen molar-refractivity contribution in [3.8, 4) is 11.1 Å². The van der Waals surface area contributed by atoms with E-state index >= 15 is 0 Å². The molecule has 6 heteroatoms. The van der Waals surface area contributed by atoms with E-state index in [1.807, 2.05) is 72.8 Å². The maximum absolute atomic E-state index is 13.0. The highest BCUT2D eigenvalue weighted by atomic mass is 32.2. The smallest absolute Gasteiger partial charge is 0.262 e. The van der Waals surface area contributed by atoms with Crippen LogP contribution in [0.15, 0.2) is 102 Å². The van der Waals surface area contributed by atoms with Gasteiger partial charge < -0.3 is 0 Å². The number of hydrogen-bond acceptors (Lipinski definition) is 3. The maximum Gasteiger partial charge on any atom is 0.262 e. The average Bonchev–Trinajstić information content (AvgIpc) is 3.15. The first-order valence-corrected chi connectivity index (χ1v) is 10.3. The molecule has 0 saturated heterocycles. The van der Waals surface area contributed by atoms with E-state index in [0.717, 1.165) is 11.1 Å². The third-order valence-corrected chi connectivity index (χ3v) is 5.77. The van der Waals surface area contributed by atoms with Crippen molar-refractivity contribution >= 4 is 15.7 Å². The van der Waals surface area contributed by atoms with E-state index in [1.54, 1.807) is 23.0 Å². The lowest BCUT2D eigenvalue weighted by Gasteiger charge is -2.11. The molecular formula is C22H19N3O2S. The van der Waals surface area contributed by atoms with Crippen LogP contribution in [-0.2, 0) is 16.6 Å². The van der Waals surface area contributed by atoms with Crippen molar-refractivity contribution in [2.75, 3.05) is 4.72 Å². The van der Waals surface area contributed by atoms with Gasteiger partial charge in [-0.05, 0) is 17.2 Å². The van der Waals surface area contributed by atoms with Crippen molar-refractivity contribution in [2.24, 2.45) is 0 Å². The van der Waals surface area contributed by atoms with E-state index in [9.17, 15) is 8.42 Å². The number of nitrogens with one attached hydrogen (secondary N) is 1. The fraction of sp³-hybridized carbons (Fsp3) is 0.0455. The largest absolute Gasteiger partial charge is 0.276 e. The second kappa shape index (κ2) is 7.70. The summed E-state index contributed by atoms with van der Waals surface area (Å²) in [6.45, 7) is 0.573. The van der Waals surface area contributed by atoms with Crippen molar-refractivity contribution in [2.45, 2.75) is 11.4 Å². The average molecular weight is 389 g/mol. The summed E-state index contributed by atoms with van der Waals surface area (Å²) in [5.41, 5.74) is 3.03. The predicted octanol–water partition coefficient (Wildman–Crippen LogP) is 4.40. The van der Waals surface area contributed by atoms with E-state index in [2.05, 4.69) is 9.82 Å².